The number of pyridine rings is 1. The highest BCUT2D eigenvalue weighted by Crippen LogP contribution is 2.29. The maximum Gasteiger partial charge on any atom is 0.0781 e. The fourth-order valence-corrected chi connectivity index (χ4v) is 2.58. The van der Waals surface area contributed by atoms with Crippen LogP contribution < -0.4 is 0 Å². The lowest BCUT2D eigenvalue weighted by molar-refractivity contribution is 1.35. The van der Waals surface area contributed by atoms with Gasteiger partial charge < -0.3 is 0 Å². The van der Waals surface area contributed by atoms with Crippen LogP contribution in [0.2, 0.25) is 5.02 Å². The van der Waals surface area contributed by atoms with Crippen molar-refractivity contribution in [3.8, 4) is 11.3 Å². The molecule has 88 valence electrons. The normalized spacial score (nSPS) is 10.8. The van der Waals surface area contributed by atoms with Crippen LogP contribution in [0.3, 0.4) is 0 Å². The van der Waals surface area contributed by atoms with Crippen LogP contribution in [0.5, 0.6) is 0 Å². The van der Waals surface area contributed by atoms with E-state index in [1.54, 1.807) is 0 Å². The van der Waals surface area contributed by atoms with Gasteiger partial charge in [-0.05, 0) is 35.7 Å². The fourth-order valence-electron chi connectivity index (χ4n) is 2.01. The first kappa shape index (κ1) is 11.7. The summed E-state index contributed by atoms with van der Waals surface area (Å²) in [7, 11) is 0. The van der Waals surface area contributed by atoms with E-state index in [0.717, 1.165) is 31.5 Å². The fraction of sp³-hybridized carbons (Fsp3) is 0. The summed E-state index contributed by atoms with van der Waals surface area (Å²) in [5.41, 5.74) is 2.04. The Hall–Kier alpha value is -1.38. The zero-order valence-electron chi connectivity index (χ0n) is 9.40. The van der Waals surface area contributed by atoms with Crippen molar-refractivity contribution in [1.29, 1.82) is 0 Å². The molecule has 0 N–H and O–H groups in total. The van der Waals surface area contributed by atoms with Gasteiger partial charge in [0.15, 0.2) is 0 Å². The predicted octanol–water partition coefficient (Wildman–Crippen LogP) is 5.32. The van der Waals surface area contributed by atoms with Gasteiger partial charge >= 0.3 is 0 Å². The Labute approximate surface area is 119 Å². The van der Waals surface area contributed by atoms with Gasteiger partial charge in [-0.15, -0.1) is 0 Å². The number of aromatic nitrogens is 1. The van der Waals surface area contributed by atoms with Gasteiger partial charge in [-0.1, -0.05) is 45.7 Å². The minimum absolute atomic E-state index is 0.728. The highest BCUT2D eigenvalue weighted by molar-refractivity contribution is 9.10. The van der Waals surface area contributed by atoms with Crippen molar-refractivity contribution in [3.63, 3.8) is 0 Å². The number of rotatable bonds is 1. The lowest BCUT2D eigenvalue weighted by atomic mass is 10.0. The summed E-state index contributed by atoms with van der Waals surface area (Å²) in [4.78, 5) is 4.48. The van der Waals surface area contributed by atoms with Crippen molar-refractivity contribution in [2.75, 3.05) is 0 Å². The van der Waals surface area contributed by atoms with E-state index in [-0.39, 0.29) is 0 Å². The van der Waals surface area contributed by atoms with E-state index < -0.39 is 0 Å². The molecule has 1 aromatic heterocycles. The molecule has 1 nitrogen and oxygen atoms in total. The van der Waals surface area contributed by atoms with Crippen molar-refractivity contribution in [2.45, 2.75) is 0 Å². The molecule has 0 bridgehead atoms. The van der Waals surface area contributed by atoms with Gasteiger partial charge in [-0.3, -0.25) is 4.98 Å². The van der Waals surface area contributed by atoms with E-state index in [1.807, 2.05) is 48.7 Å². The third-order valence-electron chi connectivity index (χ3n) is 2.83. The second-order valence-corrected chi connectivity index (χ2v) is 5.39. The van der Waals surface area contributed by atoms with Crippen LogP contribution in [-0.2, 0) is 0 Å². The molecule has 0 aliphatic carbocycles. The van der Waals surface area contributed by atoms with Crippen molar-refractivity contribution in [3.05, 3.63) is 64.2 Å². The van der Waals surface area contributed by atoms with Gasteiger partial charge in [0.2, 0.25) is 0 Å². The average Bonchev–Trinajstić information content (AvgIpc) is 2.38. The zero-order chi connectivity index (χ0) is 12.5. The number of hydrogen-bond donors (Lipinski definition) is 0. The molecule has 0 atom stereocenters. The molecule has 1 heterocycles. The van der Waals surface area contributed by atoms with E-state index in [2.05, 4.69) is 27.0 Å². The van der Waals surface area contributed by atoms with Crippen molar-refractivity contribution < 1.29 is 0 Å². The monoisotopic (exact) mass is 317 g/mol. The number of nitrogens with zero attached hydrogens (tertiary/aromatic N) is 1. The lowest BCUT2D eigenvalue weighted by Gasteiger charge is -2.06. The van der Waals surface area contributed by atoms with Crippen LogP contribution >= 0.6 is 27.5 Å². The number of benzene rings is 2. The summed E-state index contributed by atoms with van der Waals surface area (Å²) in [5, 5.41) is 2.94. The molecule has 0 fully saturated rings. The maximum absolute atomic E-state index is 6.07. The van der Waals surface area contributed by atoms with Gasteiger partial charge in [-0.25, -0.2) is 0 Å². The summed E-state index contributed by atoms with van der Waals surface area (Å²) in [6.45, 7) is 0. The van der Waals surface area contributed by atoms with E-state index >= 15 is 0 Å². The largest absolute Gasteiger partial charge is 0.256 e. The van der Waals surface area contributed by atoms with Crippen LogP contribution in [0, 0.1) is 0 Å². The molecule has 2 aromatic carbocycles. The Morgan fingerprint density at radius 3 is 2.72 bits per heavy atom. The van der Waals surface area contributed by atoms with Crippen LogP contribution in [0.15, 0.2) is 59.2 Å². The summed E-state index contributed by atoms with van der Waals surface area (Å²) >= 11 is 9.56. The second kappa shape index (κ2) is 4.71. The molecule has 0 amide bonds. The highest BCUT2D eigenvalue weighted by Gasteiger charge is 2.06. The van der Waals surface area contributed by atoms with Gasteiger partial charge in [-0.2, -0.15) is 0 Å². The SMILES string of the molecule is Clc1ccc2ccnc(-c3cccc(Br)c3)c2c1. The third kappa shape index (κ3) is 2.14. The van der Waals surface area contributed by atoms with Crippen molar-refractivity contribution >= 4 is 38.3 Å². The minimum atomic E-state index is 0.728. The molecule has 0 saturated heterocycles. The van der Waals surface area contributed by atoms with E-state index in [4.69, 9.17) is 11.6 Å². The molecular formula is C15H9BrClN. The molecule has 18 heavy (non-hydrogen) atoms. The molecule has 0 spiro atoms. The predicted molar refractivity (Wildman–Crippen MR) is 79.9 cm³/mol. The molecule has 0 aliphatic heterocycles. The first-order valence-electron chi connectivity index (χ1n) is 5.54. The van der Waals surface area contributed by atoms with E-state index in [9.17, 15) is 0 Å². The maximum atomic E-state index is 6.07. The molecule has 3 aromatic rings. The van der Waals surface area contributed by atoms with Crippen LogP contribution in [-0.4, -0.2) is 4.98 Å². The molecule has 3 heteroatoms. The number of hydrogen-bond acceptors (Lipinski definition) is 1. The summed E-state index contributed by atoms with van der Waals surface area (Å²) in [6.07, 6.45) is 1.83. The van der Waals surface area contributed by atoms with Gasteiger partial charge in [0.25, 0.3) is 0 Å². The topological polar surface area (TPSA) is 12.9 Å². The molecule has 0 aliphatic rings. The molecular weight excluding hydrogens is 310 g/mol. The van der Waals surface area contributed by atoms with Crippen molar-refractivity contribution in [1.82, 2.24) is 4.98 Å². The quantitative estimate of drug-likeness (QED) is 0.592. The Bertz CT molecular complexity index is 725. The highest BCUT2D eigenvalue weighted by atomic mass is 79.9. The van der Waals surface area contributed by atoms with Gasteiger partial charge in [0, 0.05) is 26.6 Å². The van der Waals surface area contributed by atoms with Crippen LogP contribution in [0.4, 0.5) is 0 Å². The Morgan fingerprint density at radius 1 is 1.00 bits per heavy atom. The first-order valence-corrected chi connectivity index (χ1v) is 6.71. The van der Waals surface area contributed by atoms with E-state index in [1.165, 1.54) is 0 Å². The standard InChI is InChI=1S/C15H9BrClN/c16-12-3-1-2-11(8-12)15-14-9-13(17)5-4-10(14)6-7-18-15/h1-9H. The molecule has 0 radical (unpaired) electrons. The van der Waals surface area contributed by atoms with Crippen LogP contribution in [0.1, 0.15) is 0 Å². The Kier molecular flexibility index (Phi) is 3.06. The summed E-state index contributed by atoms with van der Waals surface area (Å²) in [5.74, 6) is 0. The smallest absolute Gasteiger partial charge is 0.0781 e. The van der Waals surface area contributed by atoms with Gasteiger partial charge in [0.05, 0.1) is 5.69 Å². The van der Waals surface area contributed by atoms with Crippen LogP contribution in [0.25, 0.3) is 22.0 Å². The van der Waals surface area contributed by atoms with E-state index in [0.29, 0.717) is 0 Å². The van der Waals surface area contributed by atoms with Crippen molar-refractivity contribution in [2.24, 2.45) is 0 Å². The molecule has 0 unspecified atom stereocenters. The lowest BCUT2D eigenvalue weighted by Crippen LogP contribution is -1.86. The Balaban J connectivity index is 2.32. The zero-order valence-corrected chi connectivity index (χ0v) is 11.7. The molecule has 0 saturated carbocycles. The molecule has 3 rings (SSSR count). The van der Waals surface area contributed by atoms with Gasteiger partial charge in [0.1, 0.15) is 0 Å². The number of halogens is 2. The summed E-state index contributed by atoms with van der Waals surface area (Å²) < 4.78 is 1.04. The third-order valence-corrected chi connectivity index (χ3v) is 3.55. The summed E-state index contributed by atoms with van der Waals surface area (Å²) in [6, 6.07) is 16.0. The first-order chi connectivity index (χ1) is 8.74. The number of fused-ring (bicyclic) bond motifs is 1. The average molecular weight is 319 g/mol. The Morgan fingerprint density at radius 2 is 1.89 bits per heavy atom. The minimum Gasteiger partial charge on any atom is -0.256 e. The second-order valence-electron chi connectivity index (χ2n) is 4.04.